The van der Waals surface area contributed by atoms with Crippen molar-refractivity contribution in [2.75, 3.05) is 39.8 Å². The second-order valence-electron chi connectivity index (χ2n) is 10.9. The molecule has 2 atom stereocenters. The van der Waals surface area contributed by atoms with Crippen LogP contribution in [0.2, 0.25) is 0 Å². The number of carbonyl (C=O) groups excluding carboxylic acids is 1. The quantitative estimate of drug-likeness (QED) is 0.207. The van der Waals surface area contributed by atoms with Crippen molar-refractivity contribution in [1.82, 2.24) is 14.5 Å². The lowest BCUT2D eigenvalue weighted by atomic mass is 9.84. The van der Waals surface area contributed by atoms with Crippen LogP contribution in [0.15, 0.2) is 65.6 Å². The number of nitrogens with two attached hydrogens (primary N) is 1. The summed E-state index contributed by atoms with van der Waals surface area (Å²) in [5.41, 5.74) is 8.33. The van der Waals surface area contributed by atoms with Crippen LogP contribution in [0.4, 0.5) is 8.78 Å². The number of likely N-dealkylation sites (N-methyl/N-ethyl adjacent to an activating group) is 2. The van der Waals surface area contributed by atoms with E-state index in [1.165, 1.54) is 35.1 Å². The van der Waals surface area contributed by atoms with Crippen molar-refractivity contribution in [1.29, 1.82) is 0 Å². The van der Waals surface area contributed by atoms with E-state index in [0.717, 1.165) is 43.3 Å². The third kappa shape index (κ3) is 9.39. The van der Waals surface area contributed by atoms with Crippen LogP contribution in [0.1, 0.15) is 59.3 Å². The highest BCUT2D eigenvalue weighted by Crippen LogP contribution is 2.31. The summed E-state index contributed by atoms with van der Waals surface area (Å²) >= 11 is 0. The monoisotopic (exact) mass is 630 g/mol. The van der Waals surface area contributed by atoms with Gasteiger partial charge in [0, 0.05) is 50.8 Å². The molecule has 0 saturated heterocycles. The number of aryl methyl sites for hydroxylation is 1. The van der Waals surface area contributed by atoms with Crippen LogP contribution < -0.4 is 11.1 Å². The lowest BCUT2D eigenvalue weighted by Gasteiger charge is -2.27. The van der Waals surface area contributed by atoms with Crippen molar-refractivity contribution in [3.63, 3.8) is 0 Å². The number of sulfonamides is 1. The van der Waals surface area contributed by atoms with Crippen LogP contribution >= 0.6 is 0 Å². The maximum atomic E-state index is 14.2. The number of hydrogen-bond acceptors (Lipinski definition) is 6. The molecule has 11 heteroatoms. The molecule has 8 nitrogen and oxygen atoms in total. The van der Waals surface area contributed by atoms with Gasteiger partial charge in [-0.25, -0.2) is 17.2 Å². The molecule has 0 radical (unpaired) electrons. The van der Waals surface area contributed by atoms with Gasteiger partial charge in [-0.1, -0.05) is 45.0 Å². The fourth-order valence-electron chi connectivity index (χ4n) is 5.26. The molecule has 3 rings (SSSR count). The van der Waals surface area contributed by atoms with Crippen LogP contribution in [-0.2, 0) is 29.4 Å². The van der Waals surface area contributed by atoms with Gasteiger partial charge < -0.3 is 21.1 Å². The molecule has 0 aliphatic heterocycles. The Morgan fingerprint density at radius 1 is 0.932 bits per heavy atom. The zero-order chi connectivity index (χ0) is 32.4. The van der Waals surface area contributed by atoms with E-state index in [0.29, 0.717) is 13.1 Å². The van der Waals surface area contributed by atoms with Crippen molar-refractivity contribution < 1.29 is 27.1 Å². The number of rotatable bonds is 17. The van der Waals surface area contributed by atoms with Gasteiger partial charge in [-0.3, -0.25) is 4.79 Å². The van der Waals surface area contributed by atoms with Gasteiger partial charge in [0.1, 0.15) is 11.6 Å². The Morgan fingerprint density at radius 2 is 1.59 bits per heavy atom. The van der Waals surface area contributed by atoms with Crippen LogP contribution in [0.5, 0.6) is 0 Å². The third-order valence-electron chi connectivity index (χ3n) is 7.95. The van der Waals surface area contributed by atoms with Crippen molar-refractivity contribution in [3.05, 3.63) is 100 Å². The molecule has 3 aromatic carbocycles. The number of nitrogens with one attached hydrogen (secondary N) is 1. The molecule has 240 valence electrons. The first-order valence-electron chi connectivity index (χ1n) is 14.9. The van der Waals surface area contributed by atoms with Crippen molar-refractivity contribution >= 4 is 15.9 Å². The Hall–Kier alpha value is -3.22. The smallest absolute Gasteiger partial charge is 0.248 e. The predicted octanol–water partition coefficient (Wildman–Crippen LogP) is 4.07. The van der Waals surface area contributed by atoms with E-state index in [4.69, 9.17) is 5.73 Å². The molecule has 1 amide bonds. The summed E-state index contributed by atoms with van der Waals surface area (Å²) in [6, 6.07) is 15.0. The van der Waals surface area contributed by atoms with Crippen LogP contribution in [-0.4, -0.2) is 74.5 Å². The molecule has 0 spiro atoms. The minimum atomic E-state index is -3.98. The Kier molecular flexibility index (Phi) is 13.0. The predicted molar refractivity (Wildman–Crippen MR) is 169 cm³/mol. The summed E-state index contributed by atoms with van der Waals surface area (Å²) in [5, 5.41) is 14.7. The third-order valence-corrected chi connectivity index (χ3v) is 9.80. The summed E-state index contributed by atoms with van der Waals surface area (Å²) in [4.78, 5) is 14.6. The zero-order valence-corrected chi connectivity index (χ0v) is 26.7. The van der Waals surface area contributed by atoms with Gasteiger partial charge in [0.05, 0.1) is 11.0 Å². The minimum Gasteiger partial charge on any atom is -0.391 e. The lowest BCUT2D eigenvalue weighted by Crippen LogP contribution is -2.36. The fraction of sp³-hybridized carbons (Fsp3) is 0.424. The molecule has 0 aliphatic rings. The molecule has 0 unspecified atom stereocenters. The average Bonchev–Trinajstić information content (AvgIpc) is 2.99. The number of aliphatic hydroxyl groups excluding tert-OH is 1. The van der Waals surface area contributed by atoms with E-state index in [2.05, 4.69) is 23.2 Å². The molecule has 0 heterocycles. The minimum absolute atomic E-state index is 0.0197. The van der Waals surface area contributed by atoms with Crippen molar-refractivity contribution in [2.24, 2.45) is 5.73 Å². The number of amides is 1. The van der Waals surface area contributed by atoms with Gasteiger partial charge in [-0.15, -0.1) is 0 Å². The number of hydrogen-bond donors (Lipinski definition) is 3. The van der Waals surface area contributed by atoms with Gasteiger partial charge in [0.15, 0.2) is 0 Å². The van der Waals surface area contributed by atoms with E-state index in [1.807, 2.05) is 32.0 Å². The van der Waals surface area contributed by atoms with Crippen molar-refractivity contribution in [2.45, 2.75) is 57.1 Å². The van der Waals surface area contributed by atoms with E-state index in [-0.39, 0.29) is 41.1 Å². The molecule has 3 aromatic rings. The second-order valence-corrected chi connectivity index (χ2v) is 13.0. The summed E-state index contributed by atoms with van der Waals surface area (Å²) in [5.74, 6) is -3.32. The molecule has 0 aliphatic carbocycles. The normalized spacial score (nSPS) is 13.4. The number of nitrogens with zero attached hydrogens (tertiary/aromatic N) is 2. The number of benzene rings is 3. The summed E-state index contributed by atoms with van der Waals surface area (Å²) in [6.45, 7) is 8.89. The van der Waals surface area contributed by atoms with E-state index < -0.39 is 39.6 Å². The molecular weight excluding hydrogens is 586 g/mol. The highest BCUT2D eigenvalue weighted by Gasteiger charge is 2.29. The Bertz CT molecular complexity index is 1500. The highest BCUT2D eigenvalue weighted by atomic mass is 32.2. The molecule has 0 bridgehead atoms. The first kappa shape index (κ1) is 35.3. The Morgan fingerprint density at radius 3 is 2.20 bits per heavy atom. The first-order chi connectivity index (χ1) is 20.9. The SMILES string of the molecule is CCc1cccc(CNC[C@H](O)[C@@H](Cc2cc(F)cc(F)c2)c2cc(S(=O)(=O)N(C)CCN(CC)CC)ccc2C(N)=O)c1. The number of primary amides is 1. The number of halogens is 2. The topological polar surface area (TPSA) is 116 Å². The van der Waals surface area contributed by atoms with Gasteiger partial charge in [-0.2, -0.15) is 4.31 Å². The molecule has 4 N–H and O–H groups in total. The van der Waals surface area contributed by atoms with E-state index in [1.54, 1.807) is 0 Å². The number of aliphatic hydroxyl groups is 1. The zero-order valence-electron chi connectivity index (χ0n) is 25.9. The summed E-state index contributed by atoms with van der Waals surface area (Å²) in [6.07, 6.45) is -0.375. The Labute approximate surface area is 259 Å². The molecule has 0 saturated carbocycles. The molecule has 0 fully saturated rings. The summed E-state index contributed by atoms with van der Waals surface area (Å²) < 4.78 is 56.7. The standard InChI is InChI=1S/C33H44F2N4O4S/c1-5-23-9-8-10-24(15-23)21-37-22-32(40)31(18-25-16-26(34)19-27(35)17-25)30-20-28(11-12-29(30)33(36)41)44(42,43)38(4)13-14-39(6-2)7-3/h8-12,15-17,19-20,31-32,37,40H,5-7,13-14,18,21-22H2,1-4H3,(H2,36,41)/t31-,32-/m0/s1. The lowest BCUT2D eigenvalue weighted by molar-refractivity contribution is 0.0995. The van der Waals surface area contributed by atoms with Gasteiger partial charge in [-0.05, 0) is 78.5 Å². The number of carbonyl (C=O) groups is 1. The maximum Gasteiger partial charge on any atom is 0.248 e. The highest BCUT2D eigenvalue weighted by molar-refractivity contribution is 7.89. The second kappa shape index (κ2) is 16.2. The first-order valence-corrected chi connectivity index (χ1v) is 16.4. The molecule has 44 heavy (non-hydrogen) atoms. The van der Waals surface area contributed by atoms with Crippen molar-refractivity contribution in [3.8, 4) is 0 Å². The van der Waals surface area contributed by atoms with Gasteiger partial charge in [0.25, 0.3) is 0 Å². The van der Waals surface area contributed by atoms with Gasteiger partial charge in [0.2, 0.25) is 15.9 Å². The van der Waals surface area contributed by atoms with Crippen LogP contribution in [0.3, 0.4) is 0 Å². The summed E-state index contributed by atoms with van der Waals surface area (Å²) in [7, 11) is -2.50. The average molecular weight is 631 g/mol. The Balaban J connectivity index is 1.99. The van der Waals surface area contributed by atoms with Crippen LogP contribution in [0.25, 0.3) is 0 Å². The van der Waals surface area contributed by atoms with E-state index >= 15 is 0 Å². The maximum absolute atomic E-state index is 14.2. The largest absolute Gasteiger partial charge is 0.391 e. The molecular formula is C33H44F2N4O4S. The van der Waals surface area contributed by atoms with Crippen LogP contribution in [0, 0.1) is 11.6 Å². The van der Waals surface area contributed by atoms with E-state index in [9.17, 15) is 27.1 Å². The van der Waals surface area contributed by atoms with Gasteiger partial charge >= 0.3 is 0 Å². The fourth-order valence-corrected chi connectivity index (χ4v) is 6.45. The molecule has 0 aromatic heterocycles.